The van der Waals surface area contributed by atoms with Crippen LogP contribution in [-0.2, 0) is 12.2 Å². The maximum Gasteiger partial charge on any atom is 0.573 e. The van der Waals surface area contributed by atoms with Crippen LogP contribution in [0.25, 0.3) is 17.1 Å². The Kier molecular flexibility index (Phi) is 13.7. The molecule has 6 aromatic rings. The highest BCUT2D eigenvalue weighted by atomic mass is 35.5. The van der Waals surface area contributed by atoms with Gasteiger partial charge in [0.25, 0.3) is 0 Å². The number of benzene rings is 5. The highest BCUT2D eigenvalue weighted by molar-refractivity contribution is 8.13. The van der Waals surface area contributed by atoms with E-state index < -0.39 is 18.6 Å². The third-order valence-electron chi connectivity index (χ3n) is 8.80. The van der Waals surface area contributed by atoms with Gasteiger partial charge in [0.2, 0.25) is 0 Å². The van der Waals surface area contributed by atoms with Crippen LogP contribution in [0.4, 0.5) is 28.0 Å². The van der Waals surface area contributed by atoms with Gasteiger partial charge in [-0.2, -0.15) is 4.99 Å². The van der Waals surface area contributed by atoms with Crippen molar-refractivity contribution < 1.29 is 27.1 Å². The van der Waals surface area contributed by atoms with Gasteiger partial charge in [0.05, 0.1) is 12.2 Å². The van der Waals surface area contributed by atoms with E-state index >= 15 is 4.39 Å². The predicted octanol–water partition coefficient (Wildman–Crippen LogP) is 11.4. The summed E-state index contributed by atoms with van der Waals surface area (Å²) in [5, 5.41) is 8.06. The number of amides is 2. The summed E-state index contributed by atoms with van der Waals surface area (Å²) in [6, 6.07) is 36.7. The van der Waals surface area contributed by atoms with Crippen molar-refractivity contribution in [1.82, 2.24) is 20.1 Å². The lowest BCUT2D eigenvalue weighted by Crippen LogP contribution is -2.34. The van der Waals surface area contributed by atoms with E-state index in [0.717, 1.165) is 22.4 Å². The van der Waals surface area contributed by atoms with E-state index in [1.807, 2.05) is 71.6 Å². The van der Waals surface area contributed by atoms with E-state index in [2.05, 4.69) is 51.1 Å². The van der Waals surface area contributed by atoms with E-state index in [1.165, 1.54) is 47.0 Å². The van der Waals surface area contributed by atoms with E-state index in [9.17, 15) is 18.0 Å². The van der Waals surface area contributed by atoms with Crippen LogP contribution in [0.15, 0.2) is 139 Å². The summed E-state index contributed by atoms with van der Waals surface area (Å²) in [6.45, 7) is 4.38. The van der Waals surface area contributed by atoms with Crippen molar-refractivity contribution in [3.63, 3.8) is 0 Å². The lowest BCUT2D eigenvalue weighted by molar-refractivity contribution is -0.274. The molecular formula is C43H39ClF4N6O2S. The molecule has 0 aliphatic rings. The Morgan fingerprint density at radius 2 is 1.58 bits per heavy atom. The average molecular weight is 815 g/mol. The first kappa shape index (κ1) is 41.0. The molecule has 14 heteroatoms. The van der Waals surface area contributed by atoms with E-state index in [0.29, 0.717) is 51.5 Å². The van der Waals surface area contributed by atoms with Crippen LogP contribution in [0.3, 0.4) is 0 Å². The third-order valence-corrected chi connectivity index (χ3v) is 10.1. The fourth-order valence-corrected chi connectivity index (χ4v) is 7.07. The van der Waals surface area contributed by atoms with Crippen LogP contribution < -0.4 is 15.0 Å². The molecule has 8 nitrogen and oxygen atoms in total. The number of nitrogens with zero attached hydrogens (tertiary/aromatic N) is 5. The average Bonchev–Trinajstić information content (AvgIpc) is 3.70. The lowest BCUT2D eigenvalue weighted by atomic mass is 10.00. The number of halogens is 5. The molecule has 1 unspecified atom stereocenters. The predicted molar refractivity (Wildman–Crippen MR) is 219 cm³/mol. The van der Waals surface area contributed by atoms with Crippen molar-refractivity contribution in [3.8, 4) is 22.8 Å². The van der Waals surface area contributed by atoms with E-state index in [4.69, 9.17) is 11.6 Å². The largest absolute Gasteiger partial charge is 0.573 e. The van der Waals surface area contributed by atoms with Gasteiger partial charge in [-0.15, -0.1) is 18.3 Å². The zero-order valence-electron chi connectivity index (χ0n) is 31.0. The molecular weight excluding hydrogens is 776 g/mol. The zero-order valence-corrected chi connectivity index (χ0v) is 32.6. The van der Waals surface area contributed by atoms with E-state index in [1.54, 1.807) is 24.3 Å². The van der Waals surface area contributed by atoms with Crippen molar-refractivity contribution in [2.45, 2.75) is 44.5 Å². The molecule has 5 aromatic carbocycles. The maximum absolute atomic E-state index is 15.6. The Balaban J connectivity index is 1.17. The number of carbonyl (C=O) groups excluding carboxylic acids is 1. The van der Waals surface area contributed by atoms with Crippen molar-refractivity contribution in [1.29, 1.82) is 0 Å². The van der Waals surface area contributed by atoms with Gasteiger partial charge in [-0.1, -0.05) is 128 Å². The van der Waals surface area contributed by atoms with Gasteiger partial charge in [0, 0.05) is 28.6 Å². The van der Waals surface area contributed by atoms with Crippen LogP contribution >= 0.6 is 23.4 Å². The molecule has 1 aromatic heterocycles. The van der Waals surface area contributed by atoms with Gasteiger partial charge in [0.1, 0.15) is 18.2 Å². The molecule has 0 spiro atoms. The number of nitrogens with one attached hydrogen (secondary N) is 1. The highest BCUT2D eigenvalue weighted by Gasteiger charge is 2.31. The van der Waals surface area contributed by atoms with Gasteiger partial charge in [-0.25, -0.2) is 18.9 Å². The zero-order chi connectivity index (χ0) is 40.4. The highest BCUT2D eigenvalue weighted by Crippen LogP contribution is 2.34. The number of rotatable bonds is 13. The lowest BCUT2D eigenvalue weighted by Gasteiger charge is -2.29. The van der Waals surface area contributed by atoms with Crippen molar-refractivity contribution in [2.75, 3.05) is 18.0 Å². The molecule has 0 aliphatic heterocycles. The minimum absolute atomic E-state index is 0.151. The number of ether oxygens (including phenoxy) is 1. The summed E-state index contributed by atoms with van der Waals surface area (Å²) >= 11 is 7.98. The van der Waals surface area contributed by atoms with Gasteiger partial charge < -0.3 is 15.0 Å². The smallest absolute Gasteiger partial charge is 0.406 e. The summed E-state index contributed by atoms with van der Waals surface area (Å²) in [7, 11) is 0. The number of hydrogen-bond donors (Lipinski definition) is 1. The molecule has 1 heterocycles. The number of carbonyl (C=O) groups is 1. The molecule has 57 heavy (non-hydrogen) atoms. The fourth-order valence-electron chi connectivity index (χ4n) is 5.92. The first-order valence-corrected chi connectivity index (χ1v) is 19.4. The summed E-state index contributed by atoms with van der Waals surface area (Å²) < 4.78 is 58.5. The third kappa shape index (κ3) is 11.7. The van der Waals surface area contributed by atoms with Gasteiger partial charge >= 0.3 is 12.4 Å². The number of anilines is 1. The molecule has 2 amide bonds. The standard InChI is InChI=1S/C43H39ClF4N6O2S/c1-29(2)37-22-17-34(44)25-39(37)53(24-23-30-9-5-3-6-10-30)42(57-27-31-11-7-4-8-12-31)51-41(55)49-26-38(45)32-13-15-33(16-14-32)40-50-28-54(52-40)35-18-20-36(21-19-35)56-43(46,47)48/h3-22,25,28-29,38H,23-24,26-27H2,1-2H3,(H,49,55)/b51-42-. The molecule has 0 bridgehead atoms. The summed E-state index contributed by atoms with van der Waals surface area (Å²) in [6.07, 6.45) is -4.25. The molecule has 0 aliphatic carbocycles. The number of hydrogen-bond acceptors (Lipinski definition) is 5. The van der Waals surface area contributed by atoms with Crippen LogP contribution in [0, 0.1) is 0 Å². The topological polar surface area (TPSA) is 84.6 Å². The monoisotopic (exact) mass is 814 g/mol. The number of urea groups is 1. The Bertz CT molecular complexity index is 2250. The molecule has 1 atom stereocenters. The molecule has 0 saturated heterocycles. The van der Waals surface area contributed by atoms with Gasteiger partial charge in [0.15, 0.2) is 11.0 Å². The second kappa shape index (κ2) is 19.0. The first-order chi connectivity index (χ1) is 27.4. The maximum atomic E-state index is 15.6. The molecule has 0 saturated carbocycles. The second-order valence-corrected chi connectivity index (χ2v) is 14.6. The van der Waals surface area contributed by atoms with Gasteiger partial charge in [-0.05, 0) is 71.0 Å². The Morgan fingerprint density at radius 1 is 0.912 bits per heavy atom. The second-order valence-electron chi connectivity index (χ2n) is 13.2. The normalized spacial score (nSPS) is 12.4. The number of thioether (sulfide) groups is 1. The fraction of sp³-hybridized carbons (Fsp3) is 0.209. The SMILES string of the molecule is CC(C)c1ccc(Cl)cc1N(CCc1ccccc1)/C(=N/C(=O)NCC(F)c1ccc(-c2ncn(-c3ccc(OC(F)(F)F)cc3)n2)cc1)SCc1ccccc1. The molecule has 0 fully saturated rings. The van der Waals surface area contributed by atoms with Crippen LogP contribution in [0.1, 0.15) is 48.2 Å². The first-order valence-electron chi connectivity index (χ1n) is 18.1. The van der Waals surface area contributed by atoms with Gasteiger partial charge in [-0.3, -0.25) is 0 Å². The molecule has 294 valence electrons. The Labute approximate surface area is 337 Å². The number of amidine groups is 1. The number of aliphatic imine (C=N–C) groups is 1. The summed E-state index contributed by atoms with van der Waals surface area (Å²) in [5.41, 5.74) is 5.45. The van der Waals surface area contributed by atoms with Crippen molar-refractivity contribution >= 4 is 40.2 Å². The Hall–Kier alpha value is -5.66. The summed E-state index contributed by atoms with van der Waals surface area (Å²) in [4.78, 5) is 24.4. The Morgan fingerprint density at radius 3 is 2.23 bits per heavy atom. The minimum Gasteiger partial charge on any atom is -0.406 e. The van der Waals surface area contributed by atoms with Crippen molar-refractivity contribution in [2.24, 2.45) is 4.99 Å². The van der Waals surface area contributed by atoms with Crippen molar-refractivity contribution in [3.05, 3.63) is 161 Å². The number of alkyl halides is 4. The van der Waals surface area contributed by atoms with Crippen LogP contribution in [0.5, 0.6) is 5.75 Å². The molecule has 1 N–H and O–H groups in total. The van der Waals surface area contributed by atoms with Crippen LogP contribution in [-0.4, -0.2) is 45.4 Å². The molecule has 6 rings (SSSR count). The van der Waals surface area contributed by atoms with E-state index in [-0.39, 0.29) is 18.2 Å². The number of aromatic nitrogens is 3. The minimum atomic E-state index is -4.79. The molecule has 0 radical (unpaired) electrons. The quantitative estimate of drug-likeness (QED) is 0.0710. The van der Waals surface area contributed by atoms with Crippen LogP contribution in [0.2, 0.25) is 5.02 Å². The summed E-state index contributed by atoms with van der Waals surface area (Å²) in [5.74, 6) is 0.666.